The highest BCUT2D eigenvalue weighted by Crippen LogP contribution is 2.25. The number of aryl methyl sites for hydroxylation is 1. The predicted molar refractivity (Wildman–Crippen MR) is 106 cm³/mol. The highest BCUT2D eigenvalue weighted by atomic mass is 32.2. The van der Waals surface area contributed by atoms with E-state index in [1.165, 1.54) is 9.75 Å². The zero-order valence-corrected chi connectivity index (χ0v) is 17.3. The lowest BCUT2D eigenvalue weighted by atomic mass is 10.2. The SMILES string of the molecule is CCc1ccc(CN2CCN(C(=O)CCS(=O)(=O)C3CCCC3)CC2)s1. The van der Waals surface area contributed by atoms with Gasteiger partial charge in [-0.25, -0.2) is 8.42 Å². The molecule has 0 unspecified atom stereocenters. The zero-order chi connectivity index (χ0) is 18.6. The maximum atomic E-state index is 12.4. The van der Waals surface area contributed by atoms with Crippen LogP contribution in [0.1, 0.15) is 48.8 Å². The van der Waals surface area contributed by atoms with Gasteiger partial charge in [0.25, 0.3) is 0 Å². The number of hydrogen-bond acceptors (Lipinski definition) is 5. The molecule has 1 aromatic rings. The van der Waals surface area contributed by atoms with Gasteiger partial charge in [-0.2, -0.15) is 0 Å². The number of sulfone groups is 1. The Labute approximate surface area is 161 Å². The van der Waals surface area contributed by atoms with Crippen LogP contribution in [0.5, 0.6) is 0 Å². The van der Waals surface area contributed by atoms with E-state index >= 15 is 0 Å². The summed E-state index contributed by atoms with van der Waals surface area (Å²) in [6.45, 7) is 6.25. The van der Waals surface area contributed by atoms with Gasteiger partial charge in [0.1, 0.15) is 0 Å². The third-order valence-corrected chi connectivity index (χ3v) is 9.06. The summed E-state index contributed by atoms with van der Waals surface area (Å²) in [6, 6.07) is 4.40. The molecule has 0 spiro atoms. The summed E-state index contributed by atoms with van der Waals surface area (Å²) < 4.78 is 24.6. The smallest absolute Gasteiger partial charge is 0.223 e. The zero-order valence-electron chi connectivity index (χ0n) is 15.7. The molecule has 0 N–H and O–H groups in total. The first kappa shape index (κ1) is 19.8. The van der Waals surface area contributed by atoms with Crippen LogP contribution in [-0.4, -0.2) is 61.3 Å². The maximum absolute atomic E-state index is 12.4. The molecule has 0 atom stereocenters. The van der Waals surface area contributed by atoms with Crippen LogP contribution in [0.3, 0.4) is 0 Å². The molecule has 1 aliphatic carbocycles. The topological polar surface area (TPSA) is 57.7 Å². The Bertz CT molecular complexity index is 700. The third kappa shape index (κ3) is 5.08. The number of piperazine rings is 1. The number of thiophene rings is 1. The van der Waals surface area contributed by atoms with Crippen molar-refractivity contribution in [1.29, 1.82) is 0 Å². The lowest BCUT2D eigenvalue weighted by Crippen LogP contribution is -2.48. The first-order chi connectivity index (χ1) is 12.5. The van der Waals surface area contributed by atoms with Crippen molar-refractivity contribution in [3.63, 3.8) is 0 Å². The molecule has 2 aliphatic rings. The molecular weight excluding hydrogens is 368 g/mol. The number of hydrogen-bond donors (Lipinski definition) is 0. The lowest BCUT2D eigenvalue weighted by Gasteiger charge is -2.34. The molecule has 7 heteroatoms. The van der Waals surface area contributed by atoms with Gasteiger partial charge in [-0.15, -0.1) is 11.3 Å². The molecule has 1 amide bonds. The van der Waals surface area contributed by atoms with Gasteiger partial charge < -0.3 is 4.90 Å². The summed E-state index contributed by atoms with van der Waals surface area (Å²) >= 11 is 1.87. The average Bonchev–Trinajstić information content (AvgIpc) is 3.32. The van der Waals surface area contributed by atoms with Crippen molar-refractivity contribution in [2.24, 2.45) is 0 Å². The van der Waals surface area contributed by atoms with Gasteiger partial charge in [0.15, 0.2) is 9.84 Å². The minimum Gasteiger partial charge on any atom is -0.340 e. The van der Waals surface area contributed by atoms with E-state index in [-0.39, 0.29) is 23.3 Å². The van der Waals surface area contributed by atoms with Crippen LogP contribution in [0.2, 0.25) is 0 Å². The van der Waals surface area contributed by atoms with Crippen LogP contribution in [0.15, 0.2) is 12.1 Å². The number of rotatable bonds is 7. The van der Waals surface area contributed by atoms with E-state index in [0.29, 0.717) is 13.1 Å². The van der Waals surface area contributed by atoms with Crippen LogP contribution >= 0.6 is 11.3 Å². The van der Waals surface area contributed by atoms with Crippen molar-refractivity contribution in [2.45, 2.75) is 57.2 Å². The molecule has 1 aliphatic heterocycles. The summed E-state index contributed by atoms with van der Waals surface area (Å²) in [5.74, 6) is 0.0155. The number of amides is 1. The first-order valence-corrected chi connectivity index (χ1v) is 12.3. The van der Waals surface area contributed by atoms with Crippen molar-refractivity contribution in [3.8, 4) is 0 Å². The van der Waals surface area contributed by atoms with Gasteiger partial charge in [-0.05, 0) is 31.4 Å². The number of carbonyl (C=O) groups excluding carboxylic acids is 1. The minimum atomic E-state index is -3.10. The minimum absolute atomic E-state index is 0.00406. The third-order valence-electron chi connectivity index (χ3n) is 5.58. The quantitative estimate of drug-likeness (QED) is 0.709. The van der Waals surface area contributed by atoms with Gasteiger partial charge in [0, 0.05) is 48.9 Å². The number of nitrogens with zero attached hydrogens (tertiary/aromatic N) is 2. The van der Waals surface area contributed by atoms with Gasteiger partial charge in [0.2, 0.25) is 5.91 Å². The fourth-order valence-corrected chi connectivity index (χ4v) is 6.72. The van der Waals surface area contributed by atoms with Crippen LogP contribution < -0.4 is 0 Å². The van der Waals surface area contributed by atoms with Crippen LogP contribution in [0, 0.1) is 0 Å². The second kappa shape index (κ2) is 8.85. The molecule has 26 heavy (non-hydrogen) atoms. The van der Waals surface area contributed by atoms with Crippen molar-refractivity contribution < 1.29 is 13.2 Å². The summed E-state index contributed by atoms with van der Waals surface area (Å²) in [7, 11) is -3.10. The van der Waals surface area contributed by atoms with E-state index in [9.17, 15) is 13.2 Å². The fraction of sp³-hybridized carbons (Fsp3) is 0.737. The van der Waals surface area contributed by atoms with Crippen LogP contribution in [0.4, 0.5) is 0 Å². The Kier molecular flexibility index (Phi) is 6.75. The molecule has 0 radical (unpaired) electrons. The Morgan fingerprint density at radius 3 is 2.38 bits per heavy atom. The molecule has 1 aromatic heterocycles. The normalized spacial score (nSPS) is 20.0. The van der Waals surface area contributed by atoms with E-state index in [1.54, 1.807) is 0 Å². The molecule has 0 aromatic carbocycles. The summed E-state index contributed by atoms with van der Waals surface area (Å²) in [5, 5.41) is -0.203. The van der Waals surface area contributed by atoms with E-state index in [4.69, 9.17) is 0 Å². The van der Waals surface area contributed by atoms with Gasteiger partial charge in [-0.1, -0.05) is 19.8 Å². The fourth-order valence-electron chi connectivity index (χ4n) is 3.87. The van der Waals surface area contributed by atoms with Crippen molar-refractivity contribution in [1.82, 2.24) is 9.80 Å². The monoisotopic (exact) mass is 398 g/mol. The largest absolute Gasteiger partial charge is 0.340 e. The Hall–Kier alpha value is -0.920. The van der Waals surface area contributed by atoms with Crippen LogP contribution in [-0.2, 0) is 27.6 Å². The summed E-state index contributed by atoms with van der Waals surface area (Å²) in [4.78, 5) is 19.4. The molecular formula is C19H30N2O3S2. The molecule has 2 heterocycles. The van der Waals surface area contributed by atoms with Crippen molar-refractivity contribution in [2.75, 3.05) is 31.9 Å². The first-order valence-electron chi connectivity index (χ1n) is 9.77. The second-order valence-corrected chi connectivity index (χ2v) is 11.1. The highest BCUT2D eigenvalue weighted by molar-refractivity contribution is 7.92. The van der Waals surface area contributed by atoms with E-state index in [0.717, 1.165) is 51.7 Å². The Balaban J connectivity index is 1.41. The highest BCUT2D eigenvalue weighted by Gasteiger charge is 2.30. The van der Waals surface area contributed by atoms with Gasteiger partial charge in [-0.3, -0.25) is 9.69 Å². The molecule has 0 bridgehead atoms. The molecule has 1 saturated carbocycles. The van der Waals surface area contributed by atoms with Crippen molar-refractivity contribution in [3.05, 3.63) is 21.9 Å². The van der Waals surface area contributed by atoms with Gasteiger partial charge in [0.05, 0.1) is 11.0 Å². The second-order valence-electron chi connectivity index (χ2n) is 7.40. The molecule has 2 fully saturated rings. The average molecular weight is 399 g/mol. The maximum Gasteiger partial charge on any atom is 0.223 e. The van der Waals surface area contributed by atoms with E-state index in [1.807, 2.05) is 16.2 Å². The predicted octanol–water partition coefficient (Wildman–Crippen LogP) is 2.70. The summed E-state index contributed by atoms with van der Waals surface area (Å²) in [5.41, 5.74) is 0. The molecule has 1 saturated heterocycles. The lowest BCUT2D eigenvalue weighted by molar-refractivity contribution is -0.132. The standard InChI is InChI=1S/C19H30N2O3S2/c1-2-16-7-8-17(25-16)15-20-10-12-21(13-11-20)19(22)9-14-26(23,24)18-5-3-4-6-18/h7-8,18H,2-6,9-15H2,1H3. The Morgan fingerprint density at radius 1 is 1.12 bits per heavy atom. The number of carbonyl (C=O) groups is 1. The van der Waals surface area contributed by atoms with Crippen molar-refractivity contribution >= 4 is 27.1 Å². The molecule has 5 nitrogen and oxygen atoms in total. The van der Waals surface area contributed by atoms with E-state index in [2.05, 4.69) is 24.0 Å². The van der Waals surface area contributed by atoms with Gasteiger partial charge >= 0.3 is 0 Å². The van der Waals surface area contributed by atoms with Crippen LogP contribution in [0.25, 0.3) is 0 Å². The summed E-state index contributed by atoms with van der Waals surface area (Å²) in [6.07, 6.45) is 4.78. The molecule has 146 valence electrons. The Morgan fingerprint density at radius 2 is 1.77 bits per heavy atom. The van der Waals surface area contributed by atoms with E-state index < -0.39 is 9.84 Å². The molecule has 3 rings (SSSR count).